The first-order valence-electron chi connectivity index (χ1n) is 9.55. The summed E-state index contributed by atoms with van der Waals surface area (Å²) in [4.78, 5) is 10.8. The molecule has 1 amide bonds. The summed E-state index contributed by atoms with van der Waals surface area (Å²) in [5.74, 6) is 1.15. The lowest BCUT2D eigenvalue weighted by molar-refractivity contribution is -0.118. The number of ether oxygens (including phenoxy) is 1. The molecule has 1 saturated carbocycles. The fourth-order valence-electron chi connectivity index (χ4n) is 2.46. The lowest BCUT2D eigenvalue weighted by Crippen LogP contribution is -2.19. The number of amides is 1. The van der Waals surface area contributed by atoms with Gasteiger partial charge in [-0.1, -0.05) is 49.2 Å². The molecule has 5 nitrogen and oxygen atoms in total. The minimum Gasteiger partial charge on any atom is -0.490 e. The van der Waals surface area contributed by atoms with E-state index in [1.54, 1.807) is 6.20 Å². The summed E-state index contributed by atoms with van der Waals surface area (Å²) in [6.07, 6.45) is 9.91. The normalized spacial score (nSPS) is 13.2. The molecule has 1 N–H and O–H groups in total. The molecule has 7 heteroatoms. The number of hydrogen-bond acceptors (Lipinski definition) is 3. The van der Waals surface area contributed by atoms with Crippen LogP contribution in [0.2, 0.25) is 10.0 Å². The van der Waals surface area contributed by atoms with Gasteiger partial charge in [-0.3, -0.25) is 9.48 Å². The molecule has 0 aliphatic heterocycles. The summed E-state index contributed by atoms with van der Waals surface area (Å²) >= 11 is 12.7. The smallest absolute Gasteiger partial charge is 0.217 e. The van der Waals surface area contributed by atoms with E-state index in [0.29, 0.717) is 41.4 Å². The van der Waals surface area contributed by atoms with Crippen molar-refractivity contribution in [2.75, 3.05) is 13.2 Å². The van der Waals surface area contributed by atoms with E-state index in [9.17, 15) is 4.79 Å². The summed E-state index contributed by atoms with van der Waals surface area (Å²) in [6, 6.07) is 3.73. The third-order valence-corrected chi connectivity index (χ3v) is 4.56. The highest BCUT2D eigenvalue weighted by Gasteiger charge is 2.23. The molecule has 0 unspecified atom stereocenters. The van der Waals surface area contributed by atoms with Crippen molar-refractivity contribution in [1.29, 1.82) is 0 Å². The molecule has 0 saturated heterocycles. The van der Waals surface area contributed by atoms with E-state index in [0.717, 1.165) is 11.1 Å². The van der Waals surface area contributed by atoms with Crippen molar-refractivity contribution in [2.24, 2.45) is 5.92 Å². The standard InChI is InChI=1S/C19H21Cl2N3O2.C2H6/c1-13(25)22-6-2-3-15-9-23-24(10-15)11-16-7-17(20)19(18(21)8-16)26-12-14-4-5-14;1-2/h2-3,7-10,14H,4-6,11-12H2,1H3,(H,22,25);1-2H3/b3-2+;. The second-order valence-corrected chi connectivity index (χ2v) is 7.27. The number of halogens is 2. The van der Waals surface area contributed by atoms with Gasteiger partial charge in [0.15, 0.2) is 5.75 Å². The predicted octanol–water partition coefficient (Wildman–Crippen LogP) is 5.20. The van der Waals surface area contributed by atoms with E-state index in [4.69, 9.17) is 27.9 Å². The number of carbonyl (C=O) groups excluding carboxylic acids is 1. The highest BCUT2D eigenvalue weighted by atomic mass is 35.5. The third-order valence-electron chi connectivity index (χ3n) is 4.00. The summed E-state index contributed by atoms with van der Waals surface area (Å²) in [6.45, 7) is 7.21. The van der Waals surface area contributed by atoms with Crippen molar-refractivity contribution in [2.45, 2.75) is 40.2 Å². The van der Waals surface area contributed by atoms with Crippen LogP contribution in [-0.4, -0.2) is 28.8 Å². The van der Waals surface area contributed by atoms with Crippen molar-refractivity contribution in [3.05, 3.63) is 51.8 Å². The minimum absolute atomic E-state index is 0.0522. The highest BCUT2D eigenvalue weighted by Crippen LogP contribution is 2.37. The van der Waals surface area contributed by atoms with E-state index in [-0.39, 0.29) is 5.91 Å². The van der Waals surface area contributed by atoms with Crippen LogP contribution in [-0.2, 0) is 11.3 Å². The zero-order valence-corrected chi connectivity index (χ0v) is 18.1. The van der Waals surface area contributed by atoms with E-state index in [1.807, 2.05) is 49.0 Å². The molecule has 0 spiro atoms. The van der Waals surface area contributed by atoms with Crippen molar-refractivity contribution in [3.63, 3.8) is 0 Å². The number of aromatic nitrogens is 2. The Morgan fingerprint density at radius 3 is 2.61 bits per heavy atom. The highest BCUT2D eigenvalue weighted by molar-refractivity contribution is 6.37. The first-order chi connectivity index (χ1) is 13.5. The summed E-state index contributed by atoms with van der Waals surface area (Å²) in [7, 11) is 0. The Morgan fingerprint density at radius 2 is 2.00 bits per heavy atom. The molecule has 1 heterocycles. The fraction of sp³-hybridized carbons (Fsp3) is 0.429. The zero-order valence-electron chi connectivity index (χ0n) is 16.5. The monoisotopic (exact) mass is 423 g/mol. The average molecular weight is 424 g/mol. The van der Waals surface area contributed by atoms with Crippen LogP contribution in [0.25, 0.3) is 6.08 Å². The van der Waals surface area contributed by atoms with Gasteiger partial charge < -0.3 is 10.1 Å². The largest absolute Gasteiger partial charge is 0.490 e. The second-order valence-electron chi connectivity index (χ2n) is 6.45. The lowest BCUT2D eigenvalue weighted by Gasteiger charge is -2.11. The lowest BCUT2D eigenvalue weighted by atomic mass is 10.2. The van der Waals surface area contributed by atoms with Gasteiger partial charge in [0.25, 0.3) is 0 Å². The van der Waals surface area contributed by atoms with Crippen LogP contribution in [0.4, 0.5) is 0 Å². The zero-order chi connectivity index (χ0) is 20.5. The number of benzene rings is 1. The molecule has 0 radical (unpaired) electrons. The molecule has 1 aliphatic carbocycles. The van der Waals surface area contributed by atoms with E-state index < -0.39 is 0 Å². The Morgan fingerprint density at radius 1 is 1.32 bits per heavy atom. The van der Waals surface area contributed by atoms with Gasteiger partial charge in [-0.25, -0.2) is 0 Å². The summed E-state index contributed by atoms with van der Waals surface area (Å²) < 4.78 is 7.56. The number of hydrogen-bond donors (Lipinski definition) is 1. The van der Waals surface area contributed by atoms with Crippen LogP contribution < -0.4 is 10.1 Å². The molecule has 28 heavy (non-hydrogen) atoms. The van der Waals surface area contributed by atoms with Crippen LogP contribution in [0, 0.1) is 5.92 Å². The van der Waals surface area contributed by atoms with Gasteiger partial charge in [0.2, 0.25) is 5.91 Å². The van der Waals surface area contributed by atoms with Gasteiger partial charge in [0.05, 0.1) is 29.4 Å². The van der Waals surface area contributed by atoms with E-state index >= 15 is 0 Å². The molecule has 2 aromatic rings. The summed E-state index contributed by atoms with van der Waals surface area (Å²) in [5, 5.41) is 8.09. The Kier molecular flexibility index (Phi) is 8.87. The maximum absolute atomic E-state index is 10.8. The molecule has 0 atom stereocenters. The number of carbonyl (C=O) groups is 1. The molecular weight excluding hydrogens is 397 g/mol. The predicted molar refractivity (Wildman–Crippen MR) is 115 cm³/mol. The van der Waals surface area contributed by atoms with Crippen molar-refractivity contribution >= 4 is 35.2 Å². The summed E-state index contributed by atoms with van der Waals surface area (Å²) in [5.41, 5.74) is 1.91. The molecule has 1 aromatic heterocycles. The third kappa shape index (κ3) is 7.21. The van der Waals surface area contributed by atoms with Gasteiger partial charge in [0.1, 0.15) is 0 Å². The average Bonchev–Trinajstić information content (AvgIpc) is 3.38. The molecule has 1 aromatic carbocycles. The van der Waals surface area contributed by atoms with Crippen molar-refractivity contribution in [3.8, 4) is 5.75 Å². The van der Waals surface area contributed by atoms with Crippen LogP contribution >= 0.6 is 23.2 Å². The van der Waals surface area contributed by atoms with Crippen LogP contribution in [0.1, 0.15) is 44.7 Å². The second kappa shape index (κ2) is 11.1. The number of rotatable bonds is 8. The Balaban J connectivity index is 0.00000136. The Hall–Kier alpha value is -1.98. The van der Waals surface area contributed by atoms with Crippen LogP contribution in [0.5, 0.6) is 5.75 Å². The van der Waals surface area contributed by atoms with Gasteiger partial charge >= 0.3 is 0 Å². The Labute approximate surface area is 176 Å². The maximum atomic E-state index is 10.8. The SMILES string of the molecule is CC.CC(=O)NC/C=C/c1cnn(Cc2cc(Cl)c(OCC3CC3)c(Cl)c2)c1. The van der Waals surface area contributed by atoms with Crippen LogP contribution in [0.3, 0.4) is 0 Å². The first kappa shape index (κ1) is 22.3. The minimum atomic E-state index is -0.0522. The van der Waals surface area contributed by atoms with Gasteiger partial charge in [-0.05, 0) is 36.5 Å². The first-order valence-corrected chi connectivity index (χ1v) is 10.3. The molecule has 3 rings (SSSR count). The van der Waals surface area contributed by atoms with E-state index in [1.165, 1.54) is 19.8 Å². The molecule has 1 aliphatic rings. The topological polar surface area (TPSA) is 56.2 Å². The van der Waals surface area contributed by atoms with Gasteiger partial charge in [0, 0.05) is 25.2 Å². The van der Waals surface area contributed by atoms with Gasteiger partial charge in [-0.15, -0.1) is 0 Å². The molecular formula is C21H27Cl2N3O2. The number of nitrogens with one attached hydrogen (secondary N) is 1. The Bertz CT molecular complexity index is 791. The molecule has 152 valence electrons. The van der Waals surface area contributed by atoms with Crippen molar-refractivity contribution in [1.82, 2.24) is 15.1 Å². The van der Waals surface area contributed by atoms with Crippen LogP contribution in [0.15, 0.2) is 30.6 Å². The molecule has 0 bridgehead atoms. The molecule has 1 fully saturated rings. The fourth-order valence-corrected chi connectivity index (χ4v) is 3.11. The quantitative estimate of drug-likeness (QED) is 0.634. The maximum Gasteiger partial charge on any atom is 0.217 e. The van der Waals surface area contributed by atoms with Crippen molar-refractivity contribution < 1.29 is 9.53 Å². The van der Waals surface area contributed by atoms with Gasteiger partial charge in [-0.2, -0.15) is 5.10 Å². The van der Waals surface area contributed by atoms with E-state index in [2.05, 4.69) is 10.4 Å². The number of nitrogens with zero attached hydrogens (tertiary/aromatic N) is 2.